The summed E-state index contributed by atoms with van der Waals surface area (Å²) in [5, 5.41) is 10.6. The van der Waals surface area contributed by atoms with Crippen molar-refractivity contribution in [3.8, 4) is 5.75 Å². The Bertz CT molecular complexity index is 463. The smallest absolute Gasteiger partial charge is 0.403 e. The van der Waals surface area contributed by atoms with Crippen LogP contribution in [-0.2, 0) is 6.42 Å². The van der Waals surface area contributed by atoms with Crippen molar-refractivity contribution in [2.75, 3.05) is 7.11 Å². The van der Waals surface area contributed by atoms with E-state index >= 15 is 0 Å². The number of nitro benzene ring substituents is 1. The van der Waals surface area contributed by atoms with Gasteiger partial charge in [0.05, 0.1) is 12.0 Å². The minimum Gasteiger partial charge on any atom is -0.496 e. The molecule has 0 aliphatic carbocycles. The lowest BCUT2D eigenvalue weighted by atomic mass is 10.0. The van der Waals surface area contributed by atoms with E-state index in [4.69, 9.17) is 10.5 Å². The zero-order valence-electron chi connectivity index (χ0n) is 10.1. The highest BCUT2D eigenvalue weighted by Crippen LogP contribution is 2.27. The van der Waals surface area contributed by atoms with E-state index in [1.165, 1.54) is 25.3 Å². The molecule has 0 aliphatic heterocycles. The normalized spacial score (nSPS) is 13.1. The van der Waals surface area contributed by atoms with Gasteiger partial charge >= 0.3 is 6.18 Å². The van der Waals surface area contributed by atoms with Crippen molar-refractivity contribution in [2.24, 2.45) is 5.73 Å². The third kappa shape index (κ3) is 4.09. The van der Waals surface area contributed by atoms with Crippen molar-refractivity contribution < 1.29 is 22.8 Å². The topological polar surface area (TPSA) is 78.4 Å². The quantitative estimate of drug-likeness (QED) is 0.662. The SMILES string of the molecule is COc1ccc([N+](=O)[O-])cc1CCC(N)C(F)(F)F. The molecular weight excluding hydrogens is 265 g/mol. The van der Waals surface area contributed by atoms with Crippen LogP contribution >= 0.6 is 0 Å². The molecule has 0 spiro atoms. The van der Waals surface area contributed by atoms with Gasteiger partial charge in [-0.15, -0.1) is 0 Å². The van der Waals surface area contributed by atoms with Crippen LogP contribution in [0.4, 0.5) is 18.9 Å². The zero-order valence-corrected chi connectivity index (χ0v) is 10.1. The fourth-order valence-electron chi connectivity index (χ4n) is 1.55. The van der Waals surface area contributed by atoms with Gasteiger partial charge in [0.25, 0.3) is 5.69 Å². The van der Waals surface area contributed by atoms with E-state index in [-0.39, 0.29) is 18.5 Å². The van der Waals surface area contributed by atoms with Crippen LogP contribution in [-0.4, -0.2) is 24.3 Å². The Balaban J connectivity index is 2.87. The molecule has 0 saturated heterocycles. The Morgan fingerprint density at radius 1 is 1.47 bits per heavy atom. The molecule has 1 rings (SSSR count). The maximum absolute atomic E-state index is 12.3. The molecule has 0 radical (unpaired) electrons. The highest BCUT2D eigenvalue weighted by molar-refractivity contribution is 5.43. The first-order chi connectivity index (χ1) is 8.75. The number of nitro groups is 1. The van der Waals surface area contributed by atoms with Gasteiger partial charge in [0.2, 0.25) is 0 Å². The predicted molar refractivity (Wildman–Crippen MR) is 62.0 cm³/mol. The van der Waals surface area contributed by atoms with Gasteiger partial charge in [-0.1, -0.05) is 0 Å². The highest BCUT2D eigenvalue weighted by atomic mass is 19.4. The molecule has 5 nitrogen and oxygen atoms in total. The fraction of sp³-hybridized carbons (Fsp3) is 0.455. The molecular formula is C11H13F3N2O3. The Labute approximate surface area is 107 Å². The lowest BCUT2D eigenvalue weighted by molar-refractivity contribution is -0.384. The molecule has 2 N–H and O–H groups in total. The number of hydrogen-bond acceptors (Lipinski definition) is 4. The molecule has 0 heterocycles. The Kier molecular flexibility index (Phi) is 4.71. The number of alkyl halides is 3. The molecule has 0 amide bonds. The molecule has 1 unspecified atom stereocenters. The van der Waals surface area contributed by atoms with Gasteiger partial charge in [0, 0.05) is 17.7 Å². The van der Waals surface area contributed by atoms with Crippen molar-refractivity contribution in [1.82, 2.24) is 0 Å². The molecule has 0 aliphatic rings. The molecule has 0 fully saturated rings. The van der Waals surface area contributed by atoms with E-state index in [1.54, 1.807) is 0 Å². The van der Waals surface area contributed by atoms with E-state index in [1.807, 2.05) is 0 Å². The molecule has 0 bridgehead atoms. The summed E-state index contributed by atoms with van der Waals surface area (Å²) < 4.78 is 41.8. The Morgan fingerprint density at radius 3 is 2.58 bits per heavy atom. The fourth-order valence-corrected chi connectivity index (χ4v) is 1.55. The number of benzene rings is 1. The van der Waals surface area contributed by atoms with Gasteiger partial charge in [-0.3, -0.25) is 10.1 Å². The first-order valence-electron chi connectivity index (χ1n) is 5.39. The number of halogens is 3. The minimum absolute atomic E-state index is 0.0501. The second kappa shape index (κ2) is 5.87. The number of aryl methyl sites for hydroxylation is 1. The summed E-state index contributed by atoms with van der Waals surface area (Å²) in [6, 6.07) is 1.82. The van der Waals surface area contributed by atoms with E-state index in [0.717, 1.165) is 0 Å². The molecule has 1 aromatic carbocycles. The van der Waals surface area contributed by atoms with Gasteiger partial charge in [-0.25, -0.2) is 0 Å². The van der Waals surface area contributed by atoms with Crippen LogP contribution in [0.5, 0.6) is 5.75 Å². The van der Waals surface area contributed by atoms with Gasteiger partial charge in [0.1, 0.15) is 11.8 Å². The monoisotopic (exact) mass is 278 g/mol. The molecule has 8 heteroatoms. The van der Waals surface area contributed by atoms with E-state index in [2.05, 4.69) is 0 Å². The average molecular weight is 278 g/mol. The number of nitrogens with zero attached hydrogens (tertiary/aromatic N) is 1. The summed E-state index contributed by atoms with van der Waals surface area (Å²) in [5.74, 6) is 0.306. The summed E-state index contributed by atoms with van der Waals surface area (Å²) in [6.07, 6.45) is -4.89. The summed E-state index contributed by atoms with van der Waals surface area (Å²) in [6.45, 7) is 0. The van der Waals surface area contributed by atoms with E-state index in [0.29, 0.717) is 11.3 Å². The van der Waals surface area contributed by atoms with Crippen molar-refractivity contribution in [2.45, 2.75) is 25.1 Å². The summed E-state index contributed by atoms with van der Waals surface area (Å²) >= 11 is 0. The van der Waals surface area contributed by atoms with Crippen molar-refractivity contribution in [3.05, 3.63) is 33.9 Å². The van der Waals surface area contributed by atoms with Gasteiger partial charge < -0.3 is 10.5 Å². The maximum atomic E-state index is 12.3. The molecule has 1 atom stereocenters. The number of non-ortho nitro benzene ring substituents is 1. The van der Waals surface area contributed by atoms with E-state index in [9.17, 15) is 23.3 Å². The second-order valence-corrected chi connectivity index (χ2v) is 3.94. The van der Waals surface area contributed by atoms with E-state index < -0.39 is 17.1 Å². The number of nitrogens with two attached hydrogens (primary N) is 1. The summed E-state index contributed by atoms with van der Waals surface area (Å²) in [5.41, 5.74) is 5.12. The van der Waals surface area contributed by atoms with Crippen LogP contribution in [0.3, 0.4) is 0 Å². The lowest BCUT2D eigenvalue weighted by Gasteiger charge is -2.16. The first-order valence-corrected chi connectivity index (χ1v) is 5.39. The van der Waals surface area contributed by atoms with Crippen LogP contribution in [0.15, 0.2) is 18.2 Å². The number of methoxy groups -OCH3 is 1. The van der Waals surface area contributed by atoms with Crippen LogP contribution in [0, 0.1) is 10.1 Å². The van der Waals surface area contributed by atoms with Crippen molar-refractivity contribution in [3.63, 3.8) is 0 Å². The molecule has 0 aromatic heterocycles. The largest absolute Gasteiger partial charge is 0.496 e. The lowest BCUT2D eigenvalue weighted by Crippen LogP contribution is -2.37. The Morgan fingerprint density at radius 2 is 2.11 bits per heavy atom. The second-order valence-electron chi connectivity index (χ2n) is 3.94. The van der Waals surface area contributed by atoms with Crippen molar-refractivity contribution >= 4 is 5.69 Å². The number of hydrogen-bond donors (Lipinski definition) is 1. The van der Waals surface area contributed by atoms with Gasteiger partial charge in [-0.05, 0) is 18.9 Å². The minimum atomic E-state index is -4.48. The van der Waals surface area contributed by atoms with Crippen LogP contribution in [0.25, 0.3) is 0 Å². The third-order valence-electron chi connectivity index (χ3n) is 2.62. The highest BCUT2D eigenvalue weighted by Gasteiger charge is 2.36. The molecule has 106 valence electrons. The van der Waals surface area contributed by atoms with Crippen molar-refractivity contribution in [1.29, 1.82) is 0 Å². The first kappa shape index (κ1) is 15.2. The van der Waals surface area contributed by atoms with Gasteiger partial charge in [0.15, 0.2) is 0 Å². The number of rotatable bonds is 5. The number of ether oxygens (including phenoxy) is 1. The maximum Gasteiger partial charge on any atom is 0.403 e. The predicted octanol–water partition coefficient (Wildman–Crippen LogP) is 2.43. The summed E-state index contributed by atoms with van der Waals surface area (Å²) in [7, 11) is 1.34. The van der Waals surface area contributed by atoms with Gasteiger partial charge in [-0.2, -0.15) is 13.2 Å². The molecule has 19 heavy (non-hydrogen) atoms. The molecule has 1 aromatic rings. The van der Waals surface area contributed by atoms with Crippen LogP contribution in [0.2, 0.25) is 0 Å². The van der Waals surface area contributed by atoms with Crippen LogP contribution < -0.4 is 10.5 Å². The third-order valence-corrected chi connectivity index (χ3v) is 2.62. The Hall–Kier alpha value is -1.83. The zero-order chi connectivity index (χ0) is 14.6. The average Bonchev–Trinajstić information content (AvgIpc) is 2.34. The standard InChI is InChI=1S/C11H13F3N2O3/c1-19-9-4-3-8(16(17)18)6-7(9)2-5-10(15)11(12,13)14/h3-4,6,10H,2,5,15H2,1H3. The van der Waals surface area contributed by atoms with Crippen LogP contribution in [0.1, 0.15) is 12.0 Å². The summed E-state index contributed by atoms with van der Waals surface area (Å²) in [4.78, 5) is 9.99. The molecule has 0 saturated carbocycles.